The van der Waals surface area contributed by atoms with Gasteiger partial charge in [-0.1, -0.05) is 30.3 Å². The Morgan fingerprint density at radius 2 is 1.88 bits per heavy atom. The summed E-state index contributed by atoms with van der Waals surface area (Å²) < 4.78 is 10.9. The molecule has 130 valence electrons. The van der Waals surface area contributed by atoms with Crippen LogP contribution in [0, 0.1) is 0 Å². The lowest BCUT2D eigenvalue weighted by Crippen LogP contribution is -2.43. The van der Waals surface area contributed by atoms with Crippen LogP contribution in [0.15, 0.2) is 54.6 Å². The second-order valence-electron chi connectivity index (χ2n) is 5.56. The van der Waals surface area contributed by atoms with Gasteiger partial charge in [0.05, 0.1) is 18.7 Å². The molecule has 2 aromatic rings. The van der Waals surface area contributed by atoms with Gasteiger partial charge >= 0.3 is 0 Å². The van der Waals surface area contributed by atoms with Crippen molar-refractivity contribution in [1.82, 2.24) is 5.32 Å². The summed E-state index contributed by atoms with van der Waals surface area (Å²) in [5, 5.41) is 2.81. The zero-order chi connectivity index (χ0) is 17.5. The van der Waals surface area contributed by atoms with Crippen molar-refractivity contribution in [3.8, 4) is 11.5 Å². The van der Waals surface area contributed by atoms with Gasteiger partial charge < -0.3 is 19.7 Å². The Balaban J connectivity index is 1.42. The van der Waals surface area contributed by atoms with Gasteiger partial charge in [0, 0.05) is 13.1 Å². The quantitative estimate of drug-likeness (QED) is 0.837. The van der Waals surface area contributed by atoms with E-state index in [9.17, 15) is 9.59 Å². The molecule has 2 aromatic carbocycles. The molecular weight excluding hydrogens is 320 g/mol. The van der Waals surface area contributed by atoms with E-state index in [2.05, 4.69) is 5.32 Å². The number of anilines is 1. The molecule has 0 fully saturated rings. The highest BCUT2D eigenvalue weighted by Crippen LogP contribution is 2.30. The van der Waals surface area contributed by atoms with Crippen LogP contribution in [0.4, 0.5) is 5.69 Å². The van der Waals surface area contributed by atoms with E-state index in [0.717, 1.165) is 11.4 Å². The molecule has 0 bridgehead atoms. The number of nitrogens with zero attached hydrogens (tertiary/aromatic N) is 1. The third-order valence-electron chi connectivity index (χ3n) is 3.81. The Labute approximate surface area is 146 Å². The maximum Gasteiger partial charge on any atom is 0.265 e. The molecule has 6 nitrogen and oxygen atoms in total. The predicted octanol–water partition coefficient (Wildman–Crippen LogP) is 2.00. The number of fused-ring (bicyclic) bond motifs is 1. The fourth-order valence-corrected chi connectivity index (χ4v) is 2.57. The molecule has 2 amide bonds. The summed E-state index contributed by atoms with van der Waals surface area (Å²) >= 11 is 0. The molecule has 0 atom stereocenters. The van der Waals surface area contributed by atoms with Crippen molar-refractivity contribution >= 4 is 17.5 Å². The van der Waals surface area contributed by atoms with Gasteiger partial charge in [0.25, 0.3) is 5.91 Å². The molecule has 0 saturated heterocycles. The van der Waals surface area contributed by atoms with E-state index in [-0.39, 0.29) is 24.8 Å². The van der Waals surface area contributed by atoms with E-state index in [0.29, 0.717) is 25.4 Å². The van der Waals surface area contributed by atoms with E-state index < -0.39 is 0 Å². The topological polar surface area (TPSA) is 67.9 Å². The first-order valence-corrected chi connectivity index (χ1v) is 8.21. The number of carbonyl (C=O) groups excluding carboxylic acids is 2. The van der Waals surface area contributed by atoms with E-state index in [4.69, 9.17) is 9.47 Å². The summed E-state index contributed by atoms with van der Waals surface area (Å²) in [5.41, 5.74) is 0.736. The zero-order valence-corrected chi connectivity index (χ0v) is 13.8. The minimum absolute atomic E-state index is 0.0237. The van der Waals surface area contributed by atoms with Crippen molar-refractivity contribution in [1.29, 1.82) is 0 Å². The fourth-order valence-electron chi connectivity index (χ4n) is 2.57. The number of hydrogen-bond acceptors (Lipinski definition) is 4. The summed E-state index contributed by atoms with van der Waals surface area (Å²) in [4.78, 5) is 25.6. The molecule has 1 aliphatic heterocycles. The molecule has 0 aromatic heterocycles. The average molecular weight is 340 g/mol. The van der Waals surface area contributed by atoms with Crippen LogP contribution in [0.25, 0.3) is 0 Å². The molecule has 0 aliphatic carbocycles. The molecule has 3 rings (SSSR count). The van der Waals surface area contributed by atoms with Gasteiger partial charge in [0.15, 0.2) is 6.61 Å². The van der Waals surface area contributed by atoms with Crippen LogP contribution in [0.2, 0.25) is 0 Å². The molecule has 0 spiro atoms. The number of nitrogens with one attached hydrogen (secondary N) is 1. The number of amides is 2. The minimum atomic E-state index is -0.111. The minimum Gasteiger partial charge on any atom is -0.493 e. The average Bonchev–Trinajstić information content (AvgIpc) is 2.64. The smallest absolute Gasteiger partial charge is 0.265 e. The van der Waals surface area contributed by atoms with Gasteiger partial charge in [-0.2, -0.15) is 0 Å². The summed E-state index contributed by atoms with van der Waals surface area (Å²) in [6.07, 6.45) is 0.266. The highest BCUT2D eigenvalue weighted by atomic mass is 16.5. The van der Waals surface area contributed by atoms with Crippen molar-refractivity contribution < 1.29 is 19.1 Å². The van der Waals surface area contributed by atoms with E-state index in [1.165, 1.54) is 0 Å². The molecule has 0 saturated carbocycles. The Hall–Kier alpha value is -3.02. The molecule has 0 radical (unpaired) electrons. The number of rotatable bonds is 7. The summed E-state index contributed by atoms with van der Waals surface area (Å²) in [5.74, 6) is 1.21. The standard InChI is InChI=1S/C19H20N2O4/c22-18(10-13-24-15-6-2-1-3-7-15)20-11-12-21-16-8-4-5-9-17(16)25-14-19(21)23/h1-9H,10-14H2,(H,20,22). The van der Waals surface area contributed by atoms with Crippen LogP contribution in [-0.4, -0.2) is 38.1 Å². The molecule has 0 unspecified atom stereocenters. The lowest BCUT2D eigenvalue weighted by molar-refractivity contribution is -0.123. The summed E-state index contributed by atoms with van der Waals surface area (Å²) in [6, 6.07) is 16.7. The van der Waals surface area contributed by atoms with Crippen LogP contribution >= 0.6 is 0 Å². The molecule has 25 heavy (non-hydrogen) atoms. The van der Waals surface area contributed by atoms with Crippen molar-refractivity contribution in [3.63, 3.8) is 0 Å². The van der Waals surface area contributed by atoms with Crippen molar-refractivity contribution in [2.24, 2.45) is 0 Å². The zero-order valence-electron chi connectivity index (χ0n) is 13.8. The first-order chi connectivity index (χ1) is 12.2. The number of ether oxygens (including phenoxy) is 2. The Morgan fingerprint density at radius 1 is 1.12 bits per heavy atom. The van der Waals surface area contributed by atoms with Crippen LogP contribution in [-0.2, 0) is 9.59 Å². The van der Waals surface area contributed by atoms with Crippen LogP contribution < -0.4 is 19.7 Å². The van der Waals surface area contributed by atoms with E-state index in [1.54, 1.807) is 4.90 Å². The van der Waals surface area contributed by atoms with Gasteiger partial charge in [-0.15, -0.1) is 0 Å². The second kappa shape index (κ2) is 8.19. The number of hydrogen-bond donors (Lipinski definition) is 1. The lowest BCUT2D eigenvalue weighted by Gasteiger charge is -2.29. The third kappa shape index (κ3) is 4.50. The van der Waals surface area contributed by atoms with E-state index in [1.807, 2.05) is 54.6 Å². The Morgan fingerprint density at radius 3 is 2.72 bits per heavy atom. The highest BCUT2D eigenvalue weighted by Gasteiger charge is 2.24. The predicted molar refractivity (Wildman–Crippen MR) is 93.9 cm³/mol. The number of carbonyl (C=O) groups is 2. The maximum absolute atomic E-state index is 12.0. The van der Waals surface area contributed by atoms with Gasteiger partial charge in [0.1, 0.15) is 11.5 Å². The van der Waals surface area contributed by atoms with Gasteiger partial charge in [-0.05, 0) is 24.3 Å². The number of para-hydroxylation sites is 3. The molecular formula is C19H20N2O4. The number of benzene rings is 2. The second-order valence-corrected chi connectivity index (χ2v) is 5.56. The van der Waals surface area contributed by atoms with Crippen LogP contribution in [0.5, 0.6) is 11.5 Å². The SMILES string of the molecule is O=C(CCOc1ccccc1)NCCN1C(=O)COc2ccccc21. The van der Waals surface area contributed by atoms with Gasteiger partial charge in [-0.25, -0.2) is 0 Å². The Bertz CT molecular complexity index is 733. The lowest BCUT2D eigenvalue weighted by atomic mass is 10.2. The first-order valence-electron chi connectivity index (χ1n) is 8.21. The molecule has 1 heterocycles. The molecule has 1 aliphatic rings. The molecule has 6 heteroatoms. The Kier molecular flexibility index (Phi) is 5.51. The summed E-state index contributed by atoms with van der Waals surface area (Å²) in [6.45, 7) is 1.12. The highest BCUT2D eigenvalue weighted by molar-refractivity contribution is 5.97. The summed E-state index contributed by atoms with van der Waals surface area (Å²) in [7, 11) is 0. The maximum atomic E-state index is 12.0. The molecule has 1 N–H and O–H groups in total. The normalized spacial score (nSPS) is 13.0. The third-order valence-corrected chi connectivity index (χ3v) is 3.81. The van der Waals surface area contributed by atoms with E-state index >= 15 is 0 Å². The largest absolute Gasteiger partial charge is 0.493 e. The van der Waals surface area contributed by atoms with Crippen molar-refractivity contribution in [3.05, 3.63) is 54.6 Å². The van der Waals surface area contributed by atoms with Gasteiger partial charge in [-0.3, -0.25) is 9.59 Å². The van der Waals surface area contributed by atoms with Gasteiger partial charge in [0.2, 0.25) is 5.91 Å². The van der Waals surface area contributed by atoms with Crippen LogP contribution in [0.3, 0.4) is 0 Å². The van der Waals surface area contributed by atoms with Crippen LogP contribution in [0.1, 0.15) is 6.42 Å². The van der Waals surface area contributed by atoms with Crippen molar-refractivity contribution in [2.75, 3.05) is 31.2 Å². The first kappa shape index (κ1) is 16.8. The monoisotopic (exact) mass is 340 g/mol. The van der Waals surface area contributed by atoms with Crippen molar-refractivity contribution in [2.45, 2.75) is 6.42 Å². The fraction of sp³-hybridized carbons (Fsp3) is 0.263.